The second-order valence-corrected chi connectivity index (χ2v) is 3.66. The number of hydrogen-bond donors (Lipinski definition) is 2. The Morgan fingerprint density at radius 3 is 2.62 bits per heavy atom. The lowest BCUT2D eigenvalue weighted by molar-refractivity contribution is 0.217. The Balaban J connectivity index is 2.07. The van der Waals surface area contributed by atoms with Gasteiger partial charge in [0, 0.05) is 46.1 Å². The van der Waals surface area contributed by atoms with Crippen LogP contribution in [0.5, 0.6) is 0 Å². The maximum atomic E-state index is 11.2. The molecule has 5 nitrogen and oxygen atoms in total. The Labute approximate surface area is 95.9 Å². The first-order chi connectivity index (χ1) is 7.70. The smallest absolute Gasteiger partial charge is 0.316 e. The first-order valence-electron chi connectivity index (χ1n) is 5.25. The van der Waals surface area contributed by atoms with Gasteiger partial charge < -0.3 is 15.5 Å². The quantitative estimate of drug-likeness (QED) is 0.711. The number of carbonyl (C=O) groups excluding carboxylic acids is 1. The van der Waals surface area contributed by atoms with Gasteiger partial charge in [0.15, 0.2) is 0 Å². The predicted octanol–water partition coefficient (Wildman–Crippen LogP) is 0.442. The summed E-state index contributed by atoms with van der Waals surface area (Å²) < 4.78 is 0. The van der Waals surface area contributed by atoms with E-state index in [0.29, 0.717) is 6.54 Å². The monoisotopic (exact) mass is 222 g/mol. The fraction of sp³-hybridized carbons (Fsp3) is 0.455. The summed E-state index contributed by atoms with van der Waals surface area (Å²) in [5, 5.41) is 6.02. The van der Waals surface area contributed by atoms with Crippen LogP contribution >= 0.6 is 0 Å². The second-order valence-electron chi connectivity index (χ2n) is 3.66. The van der Waals surface area contributed by atoms with Crippen LogP contribution in [0, 0.1) is 0 Å². The lowest BCUT2D eigenvalue weighted by atomic mass is 10.3. The third-order valence-corrected chi connectivity index (χ3v) is 2.06. The molecule has 2 N–H and O–H groups in total. The summed E-state index contributed by atoms with van der Waals surface area (Å²) >= 11 is 0. The molecule has 0 bridgehead atoms. The van der Waals surface area contributed by atoms with Gasteiger partial charge in [-0.15, -0.1) is 0 Å². The van der Waals surface area contributed by atoms with Crippen molar-refractivity contribution in [1.82, 2.24) is 20.5 Å². The van der Waals surface area contributed by atoms with Gasteiger partial charge in [0.2, 0.25) is 0 Å². The summed E-state index contributed by atoms with van der Waals surface area (Å²) in [6.45, 7) is 2.17. The van der Waals surface area contributed by atoms with Crippen LogP contribution in [-0.2, 0) is 6.54 Å². The molecule has 0 aliphatic carbocycles. The highest BCUT2D eigenvalue weighted by atomic mass is 16.2. The fourth-order valence-corrected chi connectivity index (χ4v) is 1.15. The van der Waals surface area contributed by atoms with Crippen molar-refractivity contribution in [1.29, 1.82) is 0 Å². The predicted molar refractivity (Wildman–Crippen MR) is 63.0 cm³/mol. The zero-order valence-electron chi connectivity index (χ0n) is 9.73. The lowest BCUT2D eigenvalue weighted by Crippen LogP contribution is -2.38. The highest BCUT2D eigenvalue weighted by Gasteiger charge is 2.00. The van der Waals surface area contributed by atoms with Crippen molar-refractivity contribution in [2.24, 2.45) is 0 Å². The number of nitrogens with zero attached hydrogens (tertiary/aromatic N) is 2. The topological polar surface area (TPSA) is 57.3 Å². The standard InChI is InChI=1S/C11H18N4O/c1-15(2)11(16)14-8-7-13-9-10-3-5-12-6-4-10/h3-6,13H,7-9H2,1-2H3,(H,14,16). The van der Waals surface area contributed by atoms with Gasteiger partial charge >= 0.3 is 6.03 Å². The summed E-state index contributed by atoms with van der Waals surface area (Å²) in [5.74, 6) is 0. The molecule has 0 aromatic carbocycles. The van der Waals surface area contributed by atoms with Gasteiger partial charge in [-0.05, 0) is 17.7 Å². The van der Waals surface area contributed by atoms with Gasteiger partial charge in [-0.1, -0.05) is 0 Å². The van der Waals surface area contributed by atoms with E-state index in [2.05, 4.69) is 15.6 Å². The van der Waals surface area contributed by atoms with E-state index < -0.39 is 0 Å². The molecule has 0 spiro atoms. The molecule has 88 valence electrons. The lowest BCUT2D eigenvalue weighted by Gasteiger charge is -2.12. The molecule has 2 amide bonds. The van der Waals surface area contributed by atoms with E-state index in [9.17, 15) is 4.79 Å². The minimum absolute atomic E-state index is 0.0642. The first-order valence-corrected chi connectivity index (χ1v) is 5.25. The number of nitrogens with one attached hydrogen (secondary N) is 2. The molecule has 1 heterocycles. The molecule has 16 heavy (non-hydrogen) atoms. The number of carbonyl (C=O) groups is 1. The van der Waals surface area contributed by atoms with Crippen molar-refractivity contribution < 1.29 is 4.79 Å². The molecular weight excluding hydrogens is 204 g/mol. The molecule has 1 aromatic heterocycles. The fourth-order valence-electron chi connectivity index (χ4n) is 1.15. The number of rotatable bonds is 5. The third kappa shape index (κ3) is 4.75. The van der Waals surface area contributed by atoms with Crippen molar-refractivity contribution in [2.45, 2.75) is 6.54 Å². The number of aromatic nitrogens is 1. The minimum atomic E-state index is -0.0642. The Bertz CT molecular complexity index is 313. The number of urea groups is 1. The van der Waals surface area contributed by atoms with Crippen molar-refractivity contribution in [3.05, 3.63) is 30.1 Å². The van der Waals surface area contributed by atoms with E-state index in [0.717, 1.165) is 13.1 Å². The van der Waals surface area contributed by atoms with E-state index in [1.54, 1.807) is 26.5 Å². The van der Waals surface area contributed by atoms with Gasteiger partial charge in [0.1, 0.15) is 0 Å². The Hall–Kier alpha value is -1.62. The number of pyridine rings is 1. The van der Waals surface area contributed by atoms with Crippen molar-refractivity contribution in [3.8, 4) is 0 Å². The van der Waals surface area contributed by atoms with Crippen LogP contribution in [0.4, 0.5) is 4.79 Å². The van der Waals surface area contributed by atoms with E-state index in [1.807, 2.05) is 12.1 Å². The Kier molecular flexibility index (Phi) is 5.28. The number of hydrogen-bond acceptors (Lipinski definition) is 3. The highest BCUT2D eigenvalue weighted by molar-refractivity contribution is 5.73. The van der Waals surface area contributed by atoms with E-state index in [-0.39, 0.29) is 6.03 Å². The normalized spacial score (nSPS) is 9.88. The van der Waals surface area contributed by atoms with Crippen molar-refractivity contribution in [2.75, 3.05) is 27.2 Å². The first kappa shape index (κ1) is 12.4. The second kappa shape index (κ2) is 6.79. The van der Waals surface area contributed by atoms with Gasteiger partial charge in [0.25, 0.3) is 0 Å². The van der Waals surface area contributed by atoms with Crippen LogP contribution in [-0.4, -0.2) is 43.1 Å². The summed E-state index contributed by atoms with van der Waals surface area (Å²) in [7, 11) is 3.44. The van der Waals surface area contributed by atoms with E-state index in [1.165, 1.54) is 10.5 Å². The van der Waals surface area contributed by atoms with Gasteiger partial charge in [-0.25, -0.2) is 4.79 Å². The third-order valence-electron chi connectivity index (χ3n) is 2.06. The van der Waals surface area contributed by atoms with Crippen LogP contribution < -0.4 is 10.6 Å². The molecule has 1 rings (SSSR count). The summed E-state index contributed by atoms with van der Waals surface area (Å²) in [4.78, 5) is 16.6. The summed E-state index contributed by atoms with van der Waals surface area (Å²) in [5.41, 5.74) is 1.19. The molecule has 0 atom stereocenters. The highest BCUT2D eigenvalue weighted by Crippen LogP contribution is 1.93. The number of amides is 2. The molecule has 5 heteroatoms. The van der Waals surface area contributed by atoms with Gasteiger partial charge in [-0.3, -0.25) is 4.98 Å². The Morgan fingerprint density at radius 1 is 1.31 bits per heavy atom. The molecule has 0 fully saturated rings. The van der Waals surface area contributed by atoms with E-state index >= 15 is 0 Å². The zero-order valence-corrected chi connectivity index (χ0v) is 9.73. The van der Waals surface area contributed by atoms with Gasteiger partial charge in [-0.2, -0.15) is 0 Å². The average molecular weight is 222 g/mol. The summed E-state index contributed by atoms with van der Waals surface area (Å²) in [6.07, 6.45) is 3.54. The minimum Gasteiger partial charge on any atom is -0.337 e. The maximum absolute atomic E-state index is 11.2. The SMILES string of the molecule is CN(C)C(=O)NCCNCc1ccncc1. The van der Waals surface area contributed by atoms with Crippen LogP contribution in [0.15, 0.2) is 24.5 Å². The van der Waals surface area contributed by atoms with Gasteiger partial charge in [0.05, 0.1) is 0 Å². The molecule has 0 saturated heterocycles. The van der Waals surface area contributed by atoms with Crippen LogP contribution in [0.25, 0.3) is 0 Å². The molecular formula is C11H18N4O. The molecule has 1 aromatic rings. The van der Waals surface area contributed by atoms with Crippen LogP contribution in [0.1, 0.15) is 5.56 Å². The summed E-state index contributed by atoms with van der Waals surface area (Å²) in [6, 6.07) is 3.86. The van der Waals surface area contributed by atoms with Crippen LogP contribution in [0.2, 0.25) is 0 Å². The largest absolute Gasteiger partial charge is 0.337 e. The van der Waals surface area contributed by atoms with Crippen LogP contribution in [0.3, 0.4) is 0 Å². The molecule has 0 aliphatic heterocycles. The molecule has 0 radical (unpaired) electrons. The van der Waals surface area contributed by atoms with E-state index in [4.69, 9.17) is 0 Å². The Morgan fingerprint density at radius 2 is 2.00 bits per heavy atom. The maximum Gasteiger partial charge on any atom is 0.316 e. The van der Waals surface area contributed by atoms with Crippen molar-refractivity contribution >= 4 is 6.03 Å². The molecule has 0 aliphatic rings. The van der Waals surface area contributed by atoms with Crippen molar-refractivity contribution in [3.63, 3.8) is 0 Å². The molecule has 0 unspecified atom stereocenters. The zero-order chi connectivity index (χ0) is 11.8. The molecule has 0 saturated carbocycles. The average Bonchev–Trinajstić information content (AvgIpc) is 2.29.